The SMILES string of the molecule is CCCNC1CCN(CCc2csc(C)n2)C1. The van der Waals surface area contributed by atoms with Crippen molar-refractivity contribution in [2.24, 2.45) is 0 Å². The zero-order valence-corrected chi connectivity index (χ0v) is 11.7. The Morgan fingerprint density at radius 3 is 3.18 bits per heavy atom. The summed E-state index contributed by atoms with van der Waals surface area (Å²) in [7, 11) is 0. The van der Waals surface area contributed by atoms with Gasteiger partial charge in [0.1, 0.15) is 0 Å². The number of aromatic nitrogens is 1. The van der Waals surface area contributed by atoms with E-state index in [1.807, 2.05) is 0 Å². The highest BCUT2D eigenvalue weighted by molar-refractivity contribution is 7.09. The largest absolute Gasteiger partial charge is 0.313 e. The maximum absolute atomic E-state index is 4.52. The predicted molar refractivity (Wildman–Crippen MR) is 73.7 cm³/mol. The summed E-state index contributed by atoms with van der Waals surface area (Å²) in [5, 5.41) is 6.99. The number of hydrogen-bond acceptors (Lipinski definition) is 4. The van der Waals surface area contributed by atoms with Crippen molar-refractivity contribution in [2.45, 2.75) is 39.2 Å². The maximum atomic E-state index is 4.52. The lowest BCUT2D eigenvalue weighted by atomic mass is 10.2. The summed E-state index contributed by atoms with van der Waals surface area (Å²) in [6.45, 7) is 9.07. The third-order valence-electron chi connectivity index (χ3n) is 3.31. The molecule has 0 spiro atoms. The predicted octanol–water partition coefficient (Wildman–Crippen LogP) is 2.07. The Kier molecular flexibility index (Phi) is 4.95. The van der Waals surface area contributed by atoms with Crippen molar-refractivity contribution >= 4 is 11.3 Å². The van der Waals surface area contributed by atoms with E-state index >= 15 is 0 Å². The molecule has 4 heteroatoms. The van der Waals surface area contributed by atoms with Gasteiger partial charge in [-0.15, -0.1) is 11.3 Å². The van der Waals surface area contributed by atoms with E-state index in [1.165, 1.54) is 36.6 Å². The molecule has 1 aliphatic heterocycles. The van der Waals surface area contributed by atoms with Gasteiger partial charge in [0, 0.05) is 30.9 Å². The zero-order valence-electron chi connectivity index (χ0n) is 10.9. The van der Waals surface area contributed by atoms with E-state index in [1.54, 1.807) is 11.3 Å². The minimum absolute atomic E-state index is 0.715. The van der Waals surface area contributed by atoms with Gasteiger partial charge in [0.15, 0.2) is 0 Å². The molecule has 1 aromatic rings. The minimum atomic E-state index is 0.715. The first-order chi connectivity index (χ1) is 8.28. The number of thiazole rings is 1. The third-order valence-corrected chi connectivity index (χ3v) is 4.13. The van der Waals surface area contributed by atoms with Crippen LogP contribution >= 0.6 is 11.3 Å². The Labute approximate surface area is 108 Å². The standard InChI is InChI=1S/C13H23N3S/c1-3-6-14-12-4-7-16(9-12)8-5-13-10-17-11(2)15-13/h10,12,14H,3-9H2,1-2H3. The van der Waals surface area contributed by atoms with Crippen LogP contribution in [0.15, 0.2) is 5.38 Å². The van der Waals surface area contributed by atoms with Crippen LogP contribution in [0.1, 0.15) is 30.5 Å². The van der Waals surface area contributed by atoms with Crippen LogP contribution < -0.4 is 5.32 Å². The van der Waals surface area contributed by atoms with Gasteiger partial charge in [0.25, 0.3) is 0 Å². The van der Waals surface area contributed by atoms with Crippen LogP contribution in [0.25, 0.3) is 0 Å². The normalized spacial score (nSPS) is 21.2. The molecule has 1 aromatic heterocycles. The highest BCUT2D eigenvalue weighted by Crippen LogP contribution is 2.12. The molecular weight excluding hydrogens is 230 g/mol. The van der Waals surface area contributed by atoms with Crippen LogP contribution in [0.5, 0.6) is 0 Å². The van der Waals surface area contributed by atoms with Gasteiger partial charge < -0.3 is 10.2 Å². The van der Waals surface area contributed by atoms with Gasteiger partial charge in [-0.2, -0.15) is 0 Å². The summed E-state index contributed by atoms with van der Waals surface area (Å²) in [5.74, 6) is 0. The summed E-state index contributed by atoms with van der Waals surface area (Å²) < 4.78 is 0. The number of aryl methyl sites for hydroxylation is 1. The highest BCUT2D eigenvalue weighted by Gasteiger charge is 2.21. The zero-order chi connectivity index (χ0) is 12.1. The van der Waals surface area contributed by atoms with Crippen LogP contribution in [0.4, 0.5) is 0 Å². The molecule has 1 atom stereocenters. The highest BCUT2D eigenvalue weighted by atomic mass is 32.1. The van der Waals surface area contributed by atoms with Crippen molar-refractivity contribution in [2.75, 3.05) is 26.2 Å². The van der Waals surface area contributed by atoms with Gasteiger partial charge in [-0.3, -0.25) is 0 Å². The molecule has 0 aromatic carbocycles. The summed E-state index contributed by atoms with van der Waals surface area (Å²) >= 11 is 1.76. The van der Waals surface area contributed by atoms with E-state index < -0.39 is 0 Å². The topological polar surface area (TPSA) is 28.2 Å². The van der Waals surface area contributed by atoms with E-state index in [2.05, 4.69) is 34.4 Å². The number of rotatable bonds is 6. The quantitative estimate of drug-likeness (QED) is 0.841. The molecule has 1 unspecified atom stereocenters. The van der Waals surface area contributed by atoms with Gasteiger partial charge in [0.05, 0.1) is 10.7 Å². The van der Waals surface area contributed by atoms with Crippen LogP contribution in [-0.2, 0) is 6.42 Å². The van der Waals surface area contributed by atoms with Crippen LogP contribution in [0, 0.1) is 6.92 Å². The molecule has 0 radical (unpaired) electrons. The Morgan fingerprint density at radius 2 is 2.47 bits per heavy atom. The molecule has 1 N–H and O–H groups in total. The second-order valence-electron chi connectivity index (χ2n) is 4.85. The fraction of sp³-hybridized carbons (Fsp3) is 0.769. The Bertz CT molecular complexity index is 337. The van der Waals surface area contributed by atoms with Crippen molar-refractivity contribution in [1.29, 1.82) is 0 Å². The first-order valence-corrected chi connectivity index (χ1v) is 7.52. The van der Waals surface area contributed by atoms with Crippen molar-refractivity contribution in [1.82, 2.24) is 15.2 Å². The second kappa shape index (κ2) is 6.47. The number of nitrogens with one attached hydrogen (secondary N) is 1. The van der Waals surface area contributed by atoms with E-state index in [4.69, 9.17) is 0 Å². The van der Waals surface area contributed by atoms with Crippen LogP contribution in [0.2, 0.25) is 0 Å². The molecule has 96 valence electrons. The lowest BCUT2D eigenvalue weighted by molar-refractivity contribution is 0.331. The van der Waals surface area contributed by atoms with Gasteiger partial charge >= 0.3 is 0 Å². The minimum Gasteiger partial charge on any atom is -0.313 e. The third kappa shape index (κ3) is 4.05. The van der Waals surface area contributed by atoms with Crippen LogP contribution in [0.3, 0.4) is 0 Å². The number of nitrogens with zero attached hydrogens (tertiary/aromatic N) is 2. The molecule has 1 saturated heterocycles. The molecule has 0 aliphatic carbocycles. The summed E-state index contributed by atoms with van der Waals surface area (Å²) in [4.78, 5) is 7.07. The Hall–Kier alpha value is -0.450. The van der Waals surface area contributed by atoms with E-state index in [0.717, 1.165) is 19.5 Å². The Balaban J connectivity index is 1.67. The lowest BCUT2D eigenvalue weighted by Crippen LogP contribution is -2.33. The van der Waals surface area contributed by atoms with Gasteiger partial charge in [-0.1, -0.05) is 6.92 Å². The molecule has 1 aliphatic rings. The fourth-order valence-electron chi connectivity index (χ4n) is 2.35. The maximum Gasteiger partial charge on any atom is 0.0897 e. The molecule has 0 bridgehead atoms. The molecule has 0 amide bonds. The molecule has 0 saturated carbocycles. The van der Waals surface area contributed by atoms with E-state index in [-0.39, 0.29) is 0 Å². The molecule has 1 fully saturated rings. The lowest BCUT2D eigenvalue weighted by Gasteiger charge is -2.15. The molecular formula is C13H23N3S. The fourth-order valence-corrected chi connectivity index (χ4v) is 2.99. The van der Waals surface area contributed by atoms with E-state index in [9.17, 15) is 0 Å². The number of likely N-dealkylation sites (tertiary alicyclic amines) is 1. The monoisotopic (exact) mass is 253 g/mol. The van der Waals surface area contributed by atoms with Crippen LogP contribution in [-0.4, -0.2) is 42.1 Å². The molecule has 2 rings (SSSR count). The second-order valence-corrected chi connectivity index (χ2v) is 5.91. The Morgan fingerprint density at radius 1 is 1.59 bits per heavy atom. The summed E-state index contributed by atoms with van der Waals surface area (Å²) in [6, 6.07) is 0.715. The van der Waals surface area contributed by atoms with Crippen molar-refractivity contribution < 1.29 is 0 Å². The summed E-state index contributed by atoms with van der Waals surface area (Å²) in [6.07, 6.45) is 3.63. The molecule has 2 heterocycles. The first kappa shape index (κ1) is 13.0. The van der Waals surface area contributed by atoms with Crippen molar-refractivity contribution in [3.8, 4) is 0 Å². The van der Waals surface area contributed by atoms with Gasteiger partial charge in [-0.25, -0.2) is 4.98 Å². The smallest absolute Gasteiger partial charge is 0.0897 e. The molecule has 17 heavy (non-hydrogen) atoms. The average molecular weight is 253 g/mol. The average Bonchev–Trinajstić information content (AvgIpc) is 2.93. The van der Waals surface area contributed by atoms with Gasteiger partial charge in [0.2, 0.25) is 0 Å². The molecule has 3 nitrogen and oxygen atoms in total. The number of hydrogen-bond donors (Lipinski definition) is 1. The van der Waals surface area contributed by atoms with E-state index in [0.29, 0.717) is 6.04 Å². The van der Waals surface area contributed by atoms with Gasteiger partial charge in [-0.05, 0) is 32.9 Å². The van der Waals surface area contributed by atoms with Crippen molar-refractivity contribution in [3.63, 3.8) is 0 Å². The first-order valence-electron chi connectivity index (χ1n) is 6.64. The summed E-state index contributed by atoms with van der Waals surface area (Å²) in [5.41, 5.74) is 1.26. The van der Waals surface area contributed by atoms with Crippen molar-refractivity contribution in [3.05, 3.63) is 16.1 Å².